The molecule has 1 amide bonds. The number of benzene rings is 2. The summed E-state index contributed by atoms with van der Waals surface area (Å²) in [6, 6.07) is 22.5. The maximum Gasteiger partial charge on any atom is 0.412 e. The first-order valence-electron chi connectivity index (χ1n) is 11.1. The van der Waals surface area contributed by atoms with Crippen LogP contribution in [0.4, 0.5) is 21.9 Å². The van der Waals surface area contributed by atoms with Crippen molar-refractivity contribution in [3.63, 3.8) is 0 Å². The highest BCUT2D eigenvalue weighted by molar-refractivity contribution is 5.92. The molecule has 2 N–H and O–H groups in total. The van der Waals surface area contributed by atoms with Crippen molar-refractivity contribution < 1.29 is 18.7 Å². The van der Waals surface area contributed by atoms with Crippen molar-refractivity contribution in [2.45, 2.75) is 13.5 Å². The molecule has 0 radical (unpaired) electrons. The van der Waals surface area contributed by atoms with Crippen LogP contribution >= 0.6 is 0 Å². The molecule has 0 aliphatic heterocycles. The summed E-state index contributed by atoms with van der Waals surface area (Å²) in [5.41, 5.74) is 3.57. The Bertz CT molecular complexity index is 1540. The van der Waals surface area contributed by atoms with Crippen molar-refractivity contribution in [1.29, 1.82) is 5.26 Å². The molecule has 3 heterocycles. The Kier molecular flexibility index (Phi) is 6.23. The molecule has 178 valence electrons. The van der Waals surface area contributed by atoms with Crippen LogP contribution in [0, 0.1) is 18.3 Å². The molecule has 0 aliphatic carbocycles. The van der Waals surface area contributed by atoms with Gasteiger partial charge in [-0.1, -0.05) is 18.2 Å². The van der Waals surface area contributed by atoms with Gasteiger partial charge in [-0.05, 0) is 55.5 Å². The number of nitrogens with one attached hydrogen (secondary N) is 2. The van der Waals surface area contributed by atoms with Crippen LogP contribution in [-0.2, 0) is 11.3 Å². The highest BCUT2D eigenvalue weighted by Crippen LogP contribution is 2.33. The molecule has 0 saturated carbocycles. The number of ether oxygens (including phenoxy) is 2. The van der Waals surface area contributed by atoms with Crippen LogP contribution in [0.2, 0.25) is 0 Å². The summed E-state index contributed by atoms with van der Waals surface area (Å²) >= 11 is 0. The number of furan rings is 1. The van der Waals surface area contributed by atoms with E-state index in [-0.39, 0.29) is 6.61 Å². The summed E-state index contributed by atoms with van der Waals surface area (Å²) in [6.45, 7) is 1.85. The number of hydrogen-bond acceptors (Lipinski definition) is 7. The molecule has 0 fully saturated rings. The van der Waals surface area contributed by atoms with Gasteiger partial charge in [0.05, 0.1) is 41.1 Å². The predicted octanol–water partition coefficient (Wildman–Crippen LogP) is 6.39. The van der Waals surface area contributed by atoms with Crippen LogP contribution in [-0.4, -0.2) is 15.7 Å². The molecule has 9 nitrogen and oxygen atoms in total. The zero-order chi connectivity index (χ0) is 24.9. The van der Waals surface area contributed by atoms with Crippen molar-refractivity contribution in [2.24, 2.45) is 0 Å². The zero-order valence-electron chi connectivity index (χ0n) is 19.3. The maximum atomic E-state index is 12.3. The van der Waals surface area contributed by atoms with E-state index in [1.54, 1.807) is 22.8 Å². The Morgan fingerprint density at radius 2 is 1.86 bits per heavy atom. The summed E-state index contributed by atoms with van der Waals surface area (Å²) in [6.07, 6.45) is 4.02. The lowest BCUT2D eigenvalue weighted by atomic mass is 10.1. The number of aryl methyl sites for hydroxylation is 1. The Labute approximate surface area is 206 Å². The second kappa shape index (κ2) is 9.95. The van der Waals surface area contributed by atoms with Crippen molar-refractivity contribution >= 4 is 28.7 Å². The lowest BCUT2D eigenvalue weighted by Gasteiger charge is -2.12. The smallest absolute Gasteiger partial charge is 0.412 e. The van der Waals surface area contributed by atoms with Gasteiger partial charge >= 0.3 is 6.09 Å². The van der Waals surface area contributed by atoms with Crippen molar-refractivity contribution in [1.82, 2.24) is 9.61 Å². The number of aromatic nitrogens is 2. The average molecular weight is 479 g/mol. The second-order valence-corrected chi connectivity index (χ2v) is 7.85. The Morgan fingerprint density at radius 3 is 2.58 bits per heavy atom. The van der Waals surface area contributed by atoms with Gasteiger partial charge in [-0.3, -0.25) is 5.32 Å². The quantitative estimate of drug-likeness (QED) is 0.278. The minimum atomic E-state index is -0.630. The van der Waals surface area contributed by atoms with Gasteiger partial charge < -0.3 is 19.2 Å². The largest absolute Gasteiger partial charge is 0.466 e. The average Bonchev–Trinajstić information content (AvgIpc) is 3.53. The number of rotatable bonds is 7. The van der Waals surface area contributed by atoms with Crippen LogP contribution < -0.4 is 15.4 Å². The minimum Gasteiger partial charge on any atom is -0.466 e. The fourth-order valence-electron chi connectivity index (χ4n) is 3.68. The molecular weight excluding hydrogens is 458 g/mol. The van der Waals surface area contributed by atoms with E-state index in [9.17, 15) is 10.1 Å². The standard InChI is InChI=1S/C27H21N5O4/c1-18-24(31-27(33)35-17-23-8-5-13-34-23)16-32-26(18)25(19(14-28)15-29-32)30-20-9-11-22(12-10-20)36-21-6-3-2-4-7-21/h2-13,15-16,30H,17H2,1H3,(H,31,33). The summed E-state index contributed by atoms with van der Waals surface area (Å²) in [7, 11) is 0. The highest BCUT2D eigenvalue weighted by atomic mass is 16.6. The fourth-order valence-corrected chi connectivity index (χ4v) is 3.68. The fraction of sp³-hybridized carbons (Fsp3) is 0.0741. The number of para-hydroxylation sites is 1. The number of nitrogens with zero attached hydrogens (tertiary/aromatic N) is 3. The van der Waals surface area contributed by atoms with E-state index >= 15 is 0 Å². The first kappa shape index (κ1) is 22.6. The lowest BCUT2D eigenvalue weighted by Crippen LogP contribution is -2.13. The molecular formula is C27H21N5O4. The third-order valence-corrected chi connectivity index (χ3v) is 5.44. The number of carbonyl (C=O) groups is 1. The van der Waals surface area contributed by atoms with E-state index in [1.165, 1.54) is 12.5 Å². The predicted molar refractivity (Wildman–Crippen MR) is 133 cm³/mol. The monoisotopic (exact) mass is 479 g/mol. The third kappa shape index (κ3) is 4.83. The topological polar surface area (TPSA) is 114 Å². The van der Waals surface area contributed by atoms with Crippen molar-refractivity contribution in [3.8, 4) is 17.6 Å². The van der Waals surface area contributed by atoms with Gasteiger partial charge in [0.25, 0.3) is 0 Å². The molecule has 0 bridgehead atoms. The molecule has 5 rings (SSSR count). The van der Waals surface area contributed by atoms with E-state index in [1.807, 2.05) is 61.5 Å². The van der Waals surface area contributed by atoms with Crippen LogP contribution in [0.25, 0.3) is 5.52 Å². The van der Waals surface area contributed by atoms with Crippen LogP contribution in [0.1, 0.15) is 16.9 Å². The molecule has 9 heteroatoms. The van der Waals surface area contributed by atoms with Crippen LogP contribution in [0.3, 0.4) is 0 Å². The molecule has 3 aromatic heterocycles. The van der Waals surface area contributed by atoms with Gasteiger partial charge in [0.15, 0.2) is 6.61 Å². The Balaban J connectivity index is 1.37. The SMILES string of the molecule is Cc1c(NC(=O)OCc2ccco2)cn2ncc(C#N)c(Nc3ccc(Oc4ccccc4)cc3)c12. The molecule has 5 aromatic rings. The molecule has 0 saturated heterocycles. The molecule has 36 heavy (non-hydrogen) atoms. The van der Waals surface area contributed by atoms with E-state index in [2.05, 4.69) is 21.8 Å². The van der Waals surface area contributed by atoms with E-state index in [0.717, 1.165) is 17.0 Å². The lowest BCUT2D eigenvalue weighted by molar-refractivity contribution is 0.146. The van der Waals surface area contributed by atoms with Gasteiger partial charge in [0.2, 0.25) is 0 Å². The van der Waals surface area contributed by atoms with Gasteiger partial charge in [-0.25, -0.2) is 9.31 Å². The van der Waals surface area contributed by atoms with Crippen molar-refractivity contribution in [2.75, 3.05) is 10.6 Å². The Hall–Kier alpha value is -5.23. The van der Waals surface area contributed by atoms with Gasteiger partial charge in [-0.15, -0.1) is 0 Å². The highest BCUT2D eigenvalue weighted by Gasteiger charge is 2.18. The number of nitriles is 1. The number of fused-ring (bicyclic) bond motifs is 1. The van der Waals surface area contributed by atoms with Crippen molar-refractivity contribution in [3.05, 3.63) is 102 Å². The molecule has 0 unspecified atom stereocenters. The summed E-state index contributed by atoms with van der Waals surface area (Å²) in [5, 5.41) is 20.1. The number of amides is 1. The number of anilines is 3. The van der Waals surface area contributed by atoms with Gasteiger partial charge in [-0.2, -0.15) is 10.4 Å². The van der Waals surface area contributed by atoms with E-state index in [4.69, 9.17) is 13.9 Å². The second-order valence-electron chi connectivity index (χ2n) is 7.85. The molecule has 0 aliphatic rings. The Morgan fingerprint density at radius 1 is 1.08 bits per heavy atom. The van der Waals surface area contributed by atoms with Crippen LogP contribution in [0.15, 0.2) is 89.8 Å². The van der Waals surface area contributed by atoms with Gasteiger partial charge in [0.1, 0.15) is 23.3 Å². The normalized spacial score (nSPS) is 10.6. The molecule has 0 atom stereocenters. The van der Waals surface area contributed by atoms with Crippen LogP contribution in [0.5, 0.6) is 11.5 Å². The third-order valence-electron chi connectivity index (χ3n) is 5.44. The van der Waals surface area contributed by atoms with E-state index < -0.39 is 6.09 Å². The first-order valence-corrected chi connectivity index (χ1v) is 11.1. The summed E-state index contributed by atoms with van der Waals surface area (Å²) in [5.74, 6) is 1.97. The molecule has 0 spiro atoms. The molecule has 2 aromatic carbocycles. The van der Waals surface area contributed by atoms with Gasteiger partial charge in [0, 0.05) is 11.3 Å². The van der Waals surface area contributed by atoms with E-state index in [0.29, 0.717) is 34.0 Å². The number of carbonyl (C=O) groups excluding carboxylic acids is 1. The summed E-state index contributed by atoms with van der Waals surface area (Å²) < 4.78 is 17.8. The maximum absolute atomic E-state index is 12.3. The number of hydrogen-bond donors (Lipinski definition) is 2. The zero-order valence-corrected chi connectivity index (χ0v) is 19.3. The first-order chi connectivity index (χ1) is 17.6. The summed E-state index contributed by atoms with van der Waals surface area (Å²) in [4.78, 5) is 12.3. The minimum absolute atomic E-state index is 0.0128.